The summed E-state index contributed by atoms with van der Waals surface area (Å²) in [5, 5.41) is 20.0. The second-order valence-electron chi connectivity index (χ2n) is 9.91. The standard InChI is InChI=1S/C26H36FN7O2/c1-18(14-35-2)33-19-3-5-20(6-4-19)34-25-11-21(22(27)13-29-25)23-12-24(32-17-31-23)30-16-26(15-28)7-9-36-10-8-26/h11-13,17-20,33H,3-10,14,16H2,1-2H3,(H,29,34)(H,30,31,32). The van der Waals surface area contributed by atoms with Gasteiger partial charge in [0.05, 0.1) is 30.0 Å². The zero-order valence-corrected chi connectivity index (χ0v) is 21.1. The van der Waals surface area contributed by atoms with Crippen molar-refractivity contribution in [3.8, 4) is 17.3 Å². The van der Waals surface area contributed by atoms with Gasteiger partial charge >= 0.3 is 0 Å². The minimum Gasteiger partial charge on any atom is -0.383 e. The van der Waals surface area contributed by atoms with Gasteiger partial charge in [-0.2, -0.15) is 5.26 Å². The fourth-order valence-corrected chi connectivity index (χ4v) is 4.98. The molecule has 2 fully saturated rings. The van der Waals surface area contributed by atoms with Crippen molar-refractivity contribution in [2.24, 2.45) is 5.41 Å². The van der Waals surface area contributed by atoms with Crippen LogP contribution in [0.25, 0.3) is 11.3 Å². The molecule has 0 spiro atoms. The third kappa shape index (κ3) is 6.87. The van der Waals surface area contributed by atoms with Gasteiger partial charge in [0.2, 0.25) is 0 Å². The molecule has 4 rings (SSSR count). The molecular weight excluding hydrogens is 461 g/mol. The fraction of sp³-hybridized carbons (Fsp3) is 0.615. The molecule has 1 aliphatic heterocycles. The lowest BCUT2D eigenvalue weighted by atomic mass is 9.82. The third-order valence-electron chi connectivity index (χ3n) is 7.11. The molecule has 0 radical (unpaired) electrons. The number of nitrogens with zero attached hydrogens (tertiary/aromatic N) is 4. The Hall–Kier alpha value is -2.87. The van der Waals surface area contributed by atoms with E-state index in [0.29, 0.717) is 74.2 Å². The van der Waals surface area contributed by atoms with Crippen LogP contribution in [0.2, 0.25) is 0 Å². The Kier molecular flexibility index (Phi) is 9.02. The van der Waals surface area contributed by atoms with Crippen LogP contribution in [0.4, 0.5) is 16.0 Å². The average Bonchev–Trinajstić information content (AvgIpc) is 2.90. The first kappa shape index (κ1) is 26.2. The number of aromatic nitrogens is 3. The van der Waals surface area contributed by atoms with Crippen LogP contribution in [0.5, 0.6) is 0 Å². The molecule has 2 aliphatic rings. The number of anilines is 2. The molecule has 1 atom stereocenters. The quantitative estimate of drug-likeness (QED) is 0.451. The van der Waals surface area contributed by atoms with E-state index in [0.717, 1.165) is 25.7 Å². The largest absolute Gasteiger partial charge is 0.383 e. The van der Waals surface area contributed by atoms with Crippen LogP contribution in [0.1, 0.15) is 45.4 Å². The van der Waals surface area contributed by atoms with Crippen molar-refractivity contribution in [3.63, 3.8) is 0 Å². The van der Waals surface area contributed by atoms with Gasteiger partial charge in [0.15, 0.2) is 5.82 Å². The zero-order chi connectivity index (χ0) is 25.4. The smallest absolute Gasteiger partial charge is 0.151 e. The van der Waals surface area contributed by atoms with E-state index in [-0.39, 0.29) is 6.04 Å². The van der Waals surface area contributed by atoms with Crippen LogP contribution in [0.15, 0.2) is 24.7 Å². The lowest BCUT2D eigenvalue weighted by molar-refractivity contribution is 0.0455. The van der Waals surface area contributed by atoms with Gasteiger partial charge in [0, 0.05) is 56.6 Å². The number of nitriles is 1. The lowest BCUT2D eigenvalue weighted by Gasteiger charge is -2.31. The van der Waals surface area contributed by atoms with Crippen molar-refractivity contribution in [2.45, 2.75) is 63.6 Å². The molecule has 194 valence electrons. The van der Waals surface area contributed by atoms with Crippen molar-refractivity contribution in [2.75, 3.05) is 44.1 Å². The lowest BCUT2D eigenvalue weighted by Crippen LogP contribution is -2.42. The highest BCUT2D eigenvalue weighted by atomic mass is 19.1. The van der Waals surface area contributed by atoms with E-state index in [2.05, 4.69) is 43.9 Å². The molecule has 2 aromatic rings. The summed E-state index contributed by atoms with van der Waals surface area (Å²) in [5.74, 6) is 0.748. The first-order chi connectivity index (χ1) is 17.5. The average molecular weight is 498 g/mol. The summed E-state index contributed by atoms with van der Waals surface area (Å²) in [6.07, 6.45) is 8.15. The van der Waals surface area contributed by atoms with Gasteiger partial charge in [0.25, 0.3) is 0 Å². The predicted molar refractivity (Wildman–Crippen MR) is 136 cm³/mol. The number of hydrogen-bond donors (Lipinski definition) is 3. The second-order valence-corrected chi connectivity index (χ2v) is 9.91. The van der Waals surface area contributed by atoms with E-state index in [9.17, 15) is 9.65 Å². The number of pyridine rings is 1. The van der Waals surface area contributed by atoms with Crippen LogP contribution in [-0.2, 0) is 9.47 Å². The summed E-state index contributed by atoms with van der Waals surface area (Å²) in [5.41, 5.74) is 0.342. The maximum atomic E-state index is 14.7. The molecule has 1 saturated carbocycles. The molecule has 0 amide bonds. The minimum absolute atomic E-state index is 0.288. The molecule has 3 N–H and O–H groups in total. The van der Waals surface area contributed by atoms with Crippen LogP contribution < -0.4 is 16.0 Å². The Balaban J connectivity index is 1.37. The molecule has 0 bridgehead atoms. The topological polar surface area (TPSA) is 117 Å². The van der Waals surface area contributed by atoms with Crippen molar-refractivity contribution in [1.29, 1.82) is 5.26 Å². The molecule has 2 aromatic heterocycles. The maximum Gasteiger partial charge on any atom is 0.151 e. The Bertz CT molecular complexity index is 1030. The molecule has 0 aromatic carbocycles. The summed E-state index contributed by atoms with van der Waals surface area (Å²) in [6.45, 7) is 4.45. The zero-order valence-electron chi connectivity index (χ0n) is 21.1. The third-order valence-corrected chi connectivity index (χ3v) is 7.11. The molecule has 1 saturated heterocycles. The van der Waals surface area contributed by atoms with Gasteiger partial charge in [-0.25, -0.2) is 19.3 Å². The van der Waals surface area contributed by atoms with Gasteiger partial charge in [0.1, 0.15) is 18.0 Å². The van der Waals surface area contributed by atoms with Crippen molar-refractivity contribution in [3.05, 3.63) is 30.5 Å². The Morgan fingerprint density at radius 3 is 2.61 bits per heavy atom. The number of methoxy groups -OCH3 is 1. The predicted octanol–water partition coefficient (Wildman–Crippen LogP) is 3.76. The van der Waals surface area contributed by atoms with E-state index in [1.165, 1.54) is 12.5 Å². The van der Waals surface area contributed by atoms with Crippen molar-refractivity contribution >= 4 is 11.6 Å². The van der Waals surface area contributed by atoms with Gasteiger partial charge in [-0.1, -0.05) is 0 Å². The van der Waals surface area contributed by atoms with E-state index >= 15 is 0 Å². The minimum atomic E-state index is -0.487. The fourth-order valence-electron chi connectivity index (χ4n) is 4.98. The van der Waals surface area contributed by atoms with E-state index in [4.69, 9.17) is 9.47 Å². The van der Waals surface area contributed by atoms with Gasteiger partial charge in [-0.05, 0) is 51.5 Å². The summed E-state index contributed by atoms with van der Waals surface area (Å²) < 4.78 is 25.4. The number of rotatable bonds is 10. The Morgan fingerprint density at radius 1 is 1.14 bits per heavy atom. The molecule has 1 aliphatic carbocycles. The molecule has 3 heterocycles. The first-order valence-electron chi connectivity index (χ1n) is 12.7. The number of ether oxygens (including phenoxy) is 2. The van der Waals surface area contributed by atoms with Crippen molar-refractivity contribution < 1.29 is 13.9 Å². The Labute approximate surface area is 212 Å². The van der Waals surface area contributed by atoms with Crippen LogP contribution in [-0.4, -0.2) is 66.6 Å². The van der Waals surface area contributed by atoms with E-state index < -0.39 is 11.2 Å². The van der Waals surface area contributed by atoms with Gasteiger partial charge < -0.3 is 25.4 Å². The summed E-state index contributed by atoms with van der Waals surface area (Å²) in [7, 11) is 1.72. The molecule has 1 unspecified atom stereocenters. The van der Waals surface area contributed by atoms with Crippen LogP contribution in [0, 0.1) is 22.6 Å². The van der Waals surface area contributed by atoms with Gasteiger partial charge in [-0.15, -0.1) is 0 Å². The normalized spacial score (nSPS) is 22.4. The van der Waals surface area contributed by atoms with E-state index in [1.54, 1.807) is 19.2 Å². The highest BCUT2D eigenvalue weighted by Gasteiger charge is 2.32. The molecular formula is C26H36FN7O2. The number of hydrogen-bond acceptors (Lipinski definition) is 9. The second kappa shape index (κ2) is 12.4. The molecule has 10 heteroatoms. The first-order valence-corrected chi connectivity index (χ1v) is 12.7. The highest BCUT2D eigenvalue weighted by Crippen LogP contribution is 2.31. The SMILES string of the molecule is COCC(C)NC1CCC(Nc2cc(-c3cc(NCC4(C#N)CCOCC4)ncn3)c(F)cn2)CC1. The van der Waals surface area contributed by atoms with Crippen LogP contribution in [0.3, 0.4) is 0 Å². The number of nitrogens with one attached hydrogen (secondary N) is 3. The van der Waals surface area contributed by atoms with Gasteiger partial charge in [-0.3, -0.25) is 0 Å². The Morgan fingerprint density at radius 2 is 1.89 bits per heavy atom. The van der Waals surface area contributed by atoms with Crippen LogP contribution >= 0.6 is 0 Å². The summed E-state index contributed by atoms with van der Waals surface area (Å²) in [6, 6.07) is 6.96. The maximum absolute atomic E-state index is 14.7. The molecule has 9 nitrogen and oxygen atoms in total. The summed E-state index contributed by atoms with van der Waals surface area (Å²) in [4.78, 5) is 12.8. The highest BCUT2D eigenvalue weighted by molar-refractivity contribution is 5.65. The summed E-state index contributed by atoms with van der Waals surface area (Å²) >= 11 is 0. The monoisotopic (exact) mass is 497 g/mol. The molecule has 36 heavy (non-hydrogen) atoms. The van der Waals surface area contributed by atoms with E-state index in [1.807, 2.05) is 0 Å². The van der Waals surface area contributed by atoms with Crippen molar-refractivity contribution in [1.82, 2.24) is 20.3 Å². The number of halogens is 1.